The lowest BCUT2D eigenvalue weighted by Gasteiger charge is -2.10. The number of unbranched alkanes of at least 4 members (excludes halogenated alkanes) is 2. The molecule has 8 heteroatoms. The zero-order valence-electron chi connectivity index (χ0n) is 10.5. The van der Waals surface area contributed by atoms with E-state index in [0.717, 1.165) is 30.7 Å². The van der Waals surface area contributed by atoms with Crippen molar-refractivity contribution in [3.8, 4) is 5.75 Å². The first kappa shape index (κ1) is 16.6. The van der Waals surface area contributed by atoms with Crippen molar-refractivity contribution < 1.29 is 22.8 Å². The van der Waals surface area contributed by atoms with Crippen molar-refractivity contribution in [2.45, 2.75) is 25.4 Å². The Balaban J connectivity index is 2.78. The lowest BCUT2D eigenvalue weighted by atomic mass is 10.2. The zero-order valence-corrected chi connectivity index (χ0v) is 11.4. The fourth-order valence-corrected chi connectivity index (χ4v) is 1.75. The Kier molecular flexibility index (Phi) is 6.12. The molecule has 0 aliphatic heterocycles. The van der Waals surface area contributed by atoms with E-state index in [1.807, 2.05) is 0 Å². The molecule has 1 aromatic carbocycles. The Labute approximate surface area is 119 Å². The minimum atomic E-state index is -4.62. The van der Waals surface area contributed by atoms with E-state index in [9.17, 15) is 23.3 Å². The van der Waals surface area contributed by atoms with Crippen LogP contribution >= 0.6 is 12.6 Å². The van der Waals surface area contributed by atoms with Crippen molar-refractivity contribution in [3.63, 3.8) is 0 Å². The molecule has 0 radical (unpaired) electrons. The van der Waals surface area contributed by atoms with Crippen LogP contribution in [0, 0.1) is 10.1 Å². The maximum atomic E-state index is 12.5. The van der Waals surface area contributed by atoms with Crippen LogP contribution in [0.2, 0.25) is 0 Å². The monoisotopic (exact) mass is 309 g/mol. The number of hydrogen-bond donors (Lipinski definition) is 1. The van der Waals surface area contributed by atoms with Crippen molar-refractivity contribution in [1.29, 1.82) is 0 Å². The molecule has 0 aliphatic rings. The Morgan fingerprint density at radius 2 is 1.95 bits per heavy atom. The number of nitrogens with zero attached hydrogens (tertiary/aromatic N) is 1. The number of thiol groups is 1. The third-order valence-electron chi connectivity index (χ3n) is 2.54. The normalized spacial score (nSPS) is 11.4. The predicted molar refractivity (Wildman–Crippen MR) is 71.3 cm³/mol. The molecule has 0 aromatic heterocycles. The molecule has 0 spiro atoms. The molecule has 0 amide bonds. The Morgan fingerprint density at radius 3 is 2.50 bits per heavy atom. The lowest BCUT2D eigenvalue weighted by Crippen LogP contribution is -2.07. The van der Waals surface area contributed by atoms with E-state index >= 15 is 0 Å². The molecule has 0 saturated heterocycles. The van der Waals surface area contributed by atoms with Crippen molar-refractivity contribution >= 4 is 18.3 Å². The van der Waals surface area contributed by atoms with Gasteiger partial charge >= 0.3 is 11.9 Å². The third-order valence-corrected chi connectivity index (χ3v) is 2.86. The second-order valence-corrected chi connectivity index (χ2v) is 4.52. The summed E-state index contributed by atoms with van der Waals surface area (Å²) >= 11 is 4.04. The predicted octanol–water partition coefficient (Wildman–Crippen LogP) is 4.09. The van der Waals surface area contributed by atoms with Crippen molar-refractivity contribution in [3.05, 3.63) is 33.9 Å². The maximum absolute atomic E-state index is 12.5. The molecule has 1 rings (SSSR count). The number of nitro benzene ring substituents is 1. The van der Waals surface area contributed by atoms with E-state index in [4.69, 9.17) is 4.74 Å². The molecule has 0 saturated carbocycles. The van der Waals surface area contributed by atoms with Gasteiger partial charge in [-0.15, -0.1) is 0 Å². The summed E-state index contributed by atoms with van der Waals surface area (Å²) in [5.41, 5.74) is -1.74. The molecule has 0 aliphatic carbocycles. The Morgan fingerprint density at radius 1 is 1.25 bits per heavy atom. The van der Waals surface area contributed by atoms with E-state index < -0.39 is 22.4 Å². The van der Waals surface area contributed by atoms with E-state index in [0.29, 0.717) is 12.5 Å². The number of benzene rings is 1. The molecular formula is C12H14F3NO3S. The van der Waals surface area contributed by atoms with Gasteiger partial charge in [-0.1, -0.05) is 0 Å². The minimum Gasteiger partial charge on any atom is -0.487 e. The van der Waals surface area contributed by atoms with Crippen LogP contribution in [0.3, 0.4) is 0 Å². The van der Waals surface area contributed by atoms with Crippen LogP contribution in [0.5, 0.6) is 5.75 Å². The fraction of sp³-hybridized carbons (Fsp3) is 0.500. The smallest absolute Gasteiger partial charge is 0.416 e. The molecule has 0 atom stereocenters. The molecule has 4 nitrogen and oxygen atoms in total. The van der Waals surface area contributed by atoms with Gasteiger partial charge in [-0.05, 0) is 37.1 Å². The molecule has 20 heavy (non-hydrogen) atoms. The second kappa shape index (κ2) is 7.37. The van der Waals surface area contributed by atoms with Crippen LogP contribution in [0.25, 0.3) is 0 Å². The first-order chi connectivity index (χ1) is 9.36. The number of nitro groups is 1. The third kappa shape index (κ3) is 4.92. The van der Waals surface area contributed by atoms with Gasteiger partial charge in [0.25, 0.3) is 0 Å². The minimum absolute atomic E-state index is 0.145. The summed E-state index contributed by atoms with van der Waals surface area (Å²) in [6.07, 6.45) is -2.21. The van der Waals surface area contributed by atoms with Gasteiger partial charge in [-0.25, -0.2) is 0 Å². The van der Waals surface area contributed by atoms with Gasteiger partial charge in [0.05, 0.1) is 17.1 Å². The average molecular weight is 309 g/mol. The number of alkyl halides is 3. The van der Waals surface area contributed by atoms with E-state index in [1.54, 1.807) is 0 Å². The van der Waals surface area contributed by atoms with Gasteiger partial charge < -0.3 is 4.74 Å². The van der Waals surface area contributed by atoms with Crippen molar-refractivity contribution in [2.75, 3.05) is 12.4 Å². The summed E-state index contributed by atoms with van der Waals surface area (Å²) in [6, 6.07) is 2.25. The molecule has 1 aromatic rings. The van der Waals surface area contributed by atoms with Gasteiger partial charge in [0.15, 0.2) is 5.75 Å². The van der Waals surface area contributed by atoms with Gasteiger partial charge in [0, 0.05) is 6.07 Å². The lowest BCUT2D eigenvalue weighted by molar-refractivity contribution is -0.386. The molecule has 0 bridgehead atoms. The quantitative estimate of drug-likeness (QED) is 0.357. The number of ether oxygens (including phenoxy) is 1. The zero-order chi connectivity index (χ0) is 15.2. The van der Waals surface area contributed by atoms with Crippen LogP contribution in [0.15, 0.2) is 18.2 Å². The molecule has 0 heterocycles. The summed E-state index contributed by atoms with van der Waals surface area (Å²) in [6.45, 7) is 0.222. The number of rotatable bonds is 7. The summed E-state index contributed by atoms with van der Waals surface area (Å²) in [5.74, 6) is 0.592. The highest BCUT2D eigenvalue weighted by Crippen LogP contribution is 2.36. The van der Waals surface area contributed by atoms with Crippen LogP contribution in [0.1, 0.15) is 24.8 Å². The van der Waals surface area contributed by atoms with Gasteiger partial charge in [0.2, 0.25) is 0 Å². The standard InChI is InChI=1S/C12H14F3NO3S/c13-12(14,15)9-4-5-11(10(8-9)16(17)18)19-6-2-1-3-7-20/h4-5,8,20H,1-3,6-7H2. The van der Waals surface area contributed by atoms with Gasteiger partial charge in [-0.2, -0.15) is 25.8 Å². The summed E-state index contributed by atoms with van der Waals surface area (Å²) in [4.78, 5) is 9.91. The average Bonchev–Trinajstić information content (AvgIpc) is 2.37. The summed E-state index contributed by atoms with van der Waals surface area (Å²) in [7, 11) is 0. The molecule has 0 N–H and O–H groups in total. The molecule has 0 unspecified atom stereocenters. The SMILES string of the molecule is O=[N+]([O-])c1cc(C(F)(F)F)ccc1OCCCCCS. The molecular weight excluding hydrogens is 295 g/mol. The number of halogens is 3. The number of hydrogen-bond acceptors (Lipinski definition) is 4. The molecule has 0 fully saturated rings. The second-order valence-electron chi connectivity index (χ2n) is 4.07. The summed E-state index contributed by atoms with van der Waals surface area (Å²) < 4.78 is 42.6. The van der Waals surface area contributed by atoms with E-state index in [1.165, 1.54) is 0 Å². The highest BCUT2D eigenvalue weighted by molar-refractivity contribution is 7.80. The van der Waals surface area contributed by atoms with E-state index in [2.05, 4.69) is 12.6 Å². The van der Waals surface area contributed by atoms with Crippen LogP contribution in [0.4, 0.5) is 18.9 Å². The first-order valence-electron chi connectivity index (χ1n) is 5.95. The first-order valence-corrected chi connectivity index (χ1v) is 6.59. The molecule has 112 valence electrons. The van der Waals surface area contributed by atoms with Gasteiger partial charge in [0.1, 0.15) is 0 Å². The maximum Gasteiger partial charge on any atom is 0.416 e. The van der Waals surface area contributed by atoms with Crippen LogP contribution in [-0.2, 0) is 6.18 Å². The Hall–Kier alpha value is -1.44. The fourth-order valence-electron chi connectivity index (χ4n) is 1.53. The van der Waals surface area contributed by atoms with Crippen LogP contribution in [-0.4, -0.2) is 17.3 Å². The highest BCUT2D eigenvalue weighted by atomic mass is 32.1. The van der Waals surface area contributed by atoms with Crippen LogP contribution < -0.4 is 4.74 Å². The topological polar surface area (TPSA) is 52.4 Å². The van der Waals surface area contributed by atoms with Crippen molar-refractivity contribution in [1.82, 2.24) is 0 Å². The van der Waals surface area contributed by atoms with Crippen molar-refractivity contribution in [2.24, 2.45) is 0 Å². The van der Waals surface area contributed by atoms with Gasteiger partial charge in [-0.3, -0.25) is 10.1 Å². The Bertz CT molecular complexity index is 466. The van der Waals surface area contributed by atoms with E-state index in [-0.39, 0.29) is 12.4 Å². The largest absolute Gasteiger partial charge is 0.487 e. The summed E-state index contributed by atoms with van der Waals surface area (Å²) in [5, 5.41) is 10.8. The highest BCUT2D eigenvalue weighted by Gasteiger charge is 2.33.